The Morgan fingerprint density at radius 1 is 1.08 bits per heavy atom. The summed E-state index contributed by atoms with van der Waals surface area (Å²) in [5.74, 6) is 0.237. The van der Waals surface area contributed by atoms with Gasteiger partial charge in [0.15, 0.2) is 0 Å². The fraction of sp³-hybridized carbons (Fsp3) is 0.296. The van der Waals surface area contributed by atoms with Gasteiger partial charge < -0.3 is 29.2 Å². The van der Waals surface area contributed by atoms with Gasteiger partial charge in [-0.2, -0.15) is 0 Å². The number of methoxy groups -OCH3 is 1. The topological polar surface area (TPSA) is 133 Å². The molecule has 11 nitrogen and oxygen atoms in total. The molecule has 0 atom stereocenters. The van der Waals surface area contributed by atoms with Gasteiger partial charge in [-0.25, -0.2) is 14.8 Å². The van der Waals surface area contributed by atoms with E-state index in [1.807, 2.05) is 61.9 Å². The maximum Gasteiger partial charge on any atom is 0.407 e. The lowest BCUT2D eigenvalue weighted by atomic mass is 10.1. The average Bonchev–Trinajstić information content (AvgIpc) is 3.50. The summed E-state index contributed by atoms with van der Waals surface area (Å²) in [5.41, 5.74) is 2.57. The molecule has 4 rings (SSSR count). The Kier molecular flexibility index (Phi) is 7.75. The van der Waals surface area contributed by atoms with E-state index < -0.39 is 17.6 Å². The second-order valence-corrected chi connectivity index (χ2v) is 9.46. The number of nitrogens with zero attached hydrogens (tertiary/aromatic N) is 4. The SMILES string of the molecule is COc1nc(-c2cn(CCNC(=O)OC(C)(C)C)cn2)ccc1NC(=O)c1c(-c2ccccc2)noc1C. The number of carbonyl (C=O) groups excluding carboxylic acids is 2. The monoisotopic (exact) mass is 518 g/mol. The van der Waals surface area contributed by atoms with Crippen molar-refractivity contribution in [3.63, 3.8) is 0 Å². The van der Waals surface area contributed by atoms with Crippen molar-refractivity contribution in [3.05, 3.63) is 66.3 Å². The van der Waals surface area contributed by atoms with Crippen LogP contribution in [0.25, 0.3) is 22.6 Å². The van der Waals surface area contributed by atoms with Crippen molar-refractivity contribution in [1.29, 1.82) is 0 Å². The molecule has 0 saturated carbocycles. The number of amides is 2. The van der Waals surface area contributed by atoms with Gasteiger partial charge in [-0.15, -0.1) is 0 Å². The predicted molar refractivity (Wildman–Crippen MR) is 141 cm³/mol. The number of imidazole rings is 1. The van der Waals surface area contributed by atoms with Crippen molar-refractivity contribution in [2.75, 3.05) is 19.0 Å². The molecular weight excluding hydrogens is 488 g/mol. The van der Waals surface area contributed by atoms with Crippen LogP contribution in [0.5, 0.6) is 5.88 Å². The van der Waals surface area contributed by atoms with E-state index in [1.54, 1.807) is 25.4 Å². The van der Waals surface area contributed by atoms with Gasteiger partial charge in [0.1, 0.15) is 34.0 Å². The molecule has 11 heteroatoms. The van der Waals surface area contributed by atoms with Gasteiger partial charge in [-0.1, -0.05) is 35.5 Å². The fourth-order valence-electron chi connectivity index (χ4n) is 3.67. The molecule has 0 bridgehead atoms. The van der Waals surface area contributed by atoms with Crippen LogP contribution in [0.4, 0.5) is 10.5 Å². The Hall–Kier alpha value is -4.67. The lowest BCUT2D eigenvalue weighted by Crippen LogP contribution is -2.34. The van der Waals surface area contributed by atoms with Crippen LogP contribution < -0.4 is 15.4 Å². The molecule has 2 N–H and O–H groups in total. The molecule has 0 fully saturated rings. The lowest BCUT2D eigenvalue weighted by molar-refractivity contribution is 0.0526. The smallest absolute Gasteiger partial charge is 0.407 e. The first-order valence-electron chi connectivity index (χ1n) is 12.0. The molecule has 0 saturated heterocycles. The molecule has 1 aromatic carbocycles. The van der Waals surface area contributed by atoms with E-state index in [2.05, 4.69) is 25.8 Å². The molecule has 3 heterocycles. The molecule has 0 aliphatic heterocycles. The fourth-order valence-corrected chi connectivity index (χ4v) is 3.67. The van der Waals surface area contributed by atoms with E-state index in [4.69, 9.17) is 14.0 Å². The average molecular weight is 519 g/mol. The number of aryl methyl sites for hydroxylation is 1. The molecule has 38 heavy (non-hydrogen) atoms. The van der Waals surface area contributed by atoms with Gasteiger partial charge in [-0.3, -0.25) is 4.79 Å². The van der Waals surface area contributed by atoms with Crippen LogP contribution in [-0.4, -0.2) is 50.9 Å². The number of anilines is 1. The molecule has 3 aromatic heterocycles. The van der Waals surface area contributed by atoms with Crippen LogP contribution in [0.1, 0.15) is 36.9 Å². The summed E-state index contributed by atoms with van der Waals surface area (Å²) in [6, 6.07) is 12.8. The highest BCUT2D eigenvalue weighted by Gasteiger charge is 2.23. The number of rotatable bonds is 8. The molecule has 2 amide bonds. The quantitative estimate of drug-likeness (QED) is 0.343. The van der Waals surface area contributed by atoms with E-state index in [1.165, 1.54) is 7.11 Å². The summed E-state index contributed by atoms with van der Waals surface area (Å²) in [6.07, 6.45) is 2.98. The molecule has 4 aromatic rings. The summed E-state index contributed by atoms with van der Waals surface area (Å²) in [5, 5.41) is 9.63. The molecule has 198 valence electrons. The number of aromatic nitrogens is 4. The molecule has 0 aliphatic carbocycles. The van der Waals surface area contributed by atoms with Crippen LogP contribution in [-0.2, 0) is 11.3 Å². The summed E-state index contributed by atoms with van der Waals surface area (Å²) < 4.78 is 17.8. The largest absolute Gasteiger partial charge is 0.479 e. The van der Waals surface area contributed by atoms with Gasteiger partial charge in [0.25, 0.3) is 5.91 Å². The van der Waals surface area contributed by atoms with Crippen molar-refractivity contribution in [3.8, 4) is 28.5 Å². The van der Waals surface area contributed by atoms with Gasteiger partial charge in [-0.05, 0) is 39.8 Å². The van der Waals surface area contributed by atoms with E-state index >= 15 is 0 Å². The van der Waals surface area contributed by atoms with Crippen molar-refractivity contribution >= 4 is 17.7 Å². The minimum absolute atomic E-state index is 0.229. The predicted octanol–water partition coefficient (Wildman–Crippen LogP) is 4.69. The second kappa shape index (κ2) is 11.2. The molecular formula is C27H30N6O5. The maximum absolute atomic E-state index is 13.2. The Bertz CT molecular complexity index is 1420. The Morgan fingerprint density at radius 3 is 2.55 bits per heavy atom. The summed E-state index contributed by atoms with van der Waals surface area (Å²) >= 11 is 0. The third-order valence-electron chi connectivity index (χ3n) is 5.37. The number of ether oxygens (including phenoxy) is 2. The van der Waals surface area contributed by atoms with Crippen molar-refractivity contribution in [1.82, 2.24) is 25.0 Å². The zero-order chi connectivity index (χ0) is 27.3. The standard InChI is InChI=1S/C27H30N6O5/c1-17-22(23(32-38-17)18-9-7-6-8-10-18)24(34)30-20-12-11-19(31-25(20)36-5)21-15-33(16-29-21)14-13-28-26(35)37-27(2,3)4/h6-12,15-16H,13-14H2,1-5H3,(H,28,35)(H,30,34). The van der Waals surface area contributed by atoms with Crippen LogP contribution in [0.2, 0.25) is 0 Å². The zero-order valence-electron chi connectivity index (χ0n) is 21.9. The minimum atomic E-state index is -0.555. The van der Waals surface area contributed by atoms with Crippen molar-refractivity contribution in [2.24, 2.45) is 0 Å². The Balaban J connectivity index is 1.45. The number of hydrogen-bond donors (Lipinski definition) is 2. The summed E-state index contributed by atoms with van der Waals surface area (Å²) in [6.45, 7) is 7.99. The second-order valence-electron chi connectivity index (χ2n) is 9.46. The van der Waals surface area contributed by atoms with Gasteiger partial charge in [0.2, 0.25) is 5.88 Å². The van der Waals surface area contributed by atoms with Gasteiger partial charge in [0, 0.05) is 24.8 Å². The van der Waals surface area contributed by atoms with Crippen LogP contribution in [0.3, 0.4) is 0 Å². The zero-order valence-corrected chi connectivity index (χ0v) is 21.9. The third-order valence-corrected chi connectivity index (χ3v) is 5.37. The highest BCUT2D eigenvalue weighted by atomic mass is 16.6. The first-order valence-corrected chi connectivity index (χ1v) is 12.0. The first-order chi connectivity index (χ1) is 18.1. The number of hydrogen-bond acceptors (Lipinski definition) is 8. The van der Waals surface area contributed by atoms with Gasteiger partial charge in [0.05, 0.1) is 19.1 Å². The van der Waals surface area contributed by atoms with Gasteiger partial charge >= 0.3 is 6.09 Å². The highest BCUT2D eigenvalue weighted by molar-refractivity contribution is 6.09. The van der Waals surface area contributed by atoms with E-state index in [-0.39, 0.29) is 5.88 Å². The molecule has 0 radical (unpaired) electrons. The number of benzene rings is 1. The summed E-state index contributed by atoms with van der Waals surface area (Å²) in [4.78, 5) is 33.9. The van der Waals surface area contributed by atoms with E-state index in [0.29, 0.717) is 47.2 Å². The van der Waals surface area contributed by atoms with Crippen molar-refractivity contribution in [2.45, 2.75) is 39.8 Å². The Morgan fingerprint density at radius 2 is 1.84 bits per heavy atom. The molecule has 0 unspecified atom stereocenters. The van der Waals surface area contributed by atoms with E-state index in [0.717, 1.165) is 5.56 Å². The number of nitrogens with one attached hydrogen (secondary N) is 2. The normalized spacial score (nSPS) is 11.2. The number of pyridine rings is 1. The van der Waals surface area contributed by atoms with Crippen LogP contribution >= 0.6 is 0 Å². The maximum atomic E-state index is 13.2. The van der Waals surface area contributed by atoms with Crippen LogP contribution in [0.15, 0.2) is 59.5 Å². The van der Waals surface area contributed by atoms with E-state index in [9.17, 15) is 9.59 Å². The number of carbonyl (C=O) groups is 2. The molecule has 0 aliphatic rings. The number of alkyl carbamates (subject to hydrolysis) is 1. The first kappa shape index (κ1) is 26.4. The lowest BCUT2D eigenvalue weighted by Gasteiger charge is -2.19. The van der Waals surface area contributed by atoms with Crippen molar-refractivity contribution < 1.29 is 23.6 Å². The van der Waals surface area contributed by atoms with Crippen LogP contribution in [0, 0.1) is 6.92 Å². The highest BCUT2D eigenvalue weighted by Crippen LogP contribution is 2.29. The summed E-state index contributed by atoms with van der Waals surface area (Å²) in [7, 11) is 1.47. The third kappa shape index (κ3) is 6.36. The minimum Gasteiger partial charge on any atom is -0.479 e. The molecule has 0 spiro atoms. The Labute approximate surface area is 220 Å².